The number of nitrogens with zero attached hydrogens (tertiary/aromatic N) is 1. The first kappa shape index (κ1) is 12.5. The first-order valence-corrected chi connectivity index (χ1v) is 8.55. The van der Waals surface area contributed by atoms with Crippen molar-refractivity contribution < 1.29 is 0 Å². The van der Waals surface area contributed by atoms with Crippen LogP contribution in [0.2, 0.25) is 0 Å². The molecule has 1 saturated heterocycles. The minimum absolute atomic E-state index is 0.493. The third-order valence-corrected chi connectivity index (χ3v) is 5.67. The zero-order valence-electron chi connectivity index (χ0n) is 11.7. The first-order chi connectivity index (χ1) is 9.92. The zero-order chi connectivity index (χ0) is 13.4. The Morgan fingerprint density at radius 2 is 2.05 bits per heavy atom. The van der Waals surface area contributed by atoms with Crippen LogP contribution >= 0.6 is 11.3 Å². The van der Waals surface area contributed by atoms with E-state index in [4.69, 9.17) is 4.98 Å². The van der Waals surface area contributed by atoms with E-state index in [-0.39, 0.29) is 0 Å². The Hall–Kier alpha value is -1.19. The summed E-state index contributed by atoms with van der Waals surface area (Å²) in [5.41, 5.74) is 4.11. The third-order valence-electron chi connectivity index (χ3n) is 4.44. The van der Waals surface area contributed by atoms with Gasteiger partial charge in [-0.15, -0.1) is 11.3 Å². The average Bonchev–Trinajstić information content (AvgIpc) is 2.85. The molecule has 104 valence electrons. The summed E-state index contributed by atoms with van der Waals surface area (Å²) >= 11 is 1.95. The lowest BCUT2D eigenvalue weighted by Crippen LogP contribution is -2.26. The van der Waals surface area contributed by atoms with Gasteiger partial charge in [-0.25, -0.2) is 4.98 Å². The molecule has 0 radical (unpaired) electrons. The fourth-order valence-corrected chi connectivity index (χ4v) is 4.60. The van der Waals surface area contributed by atoms with Gasteiger partial charge in [-0.3, -0.25) is 0 Å². The van der Waals surface area contributed by atoms with Gasteiger partial charge in [0.15, 0.2) is 0 Å². The molecule has 1 aliphatic heterocycles. The van der Waals surface area contributed by atoms with Gasteiger partial charge in [-0.2, -0.15) is 0 Å². The van der Waals surface area contributed by atoms with Crippen molar-refractivity contribution in [2.45, 2.75) is 44.6 Å². The maximum Gasteiger partial charge on any atom is 0.111 e. The molecule has 3 heteroatoms. The van der Waals surface area contributed by atoms with Crippen LogP contribution < -0.4 is 5.32 Å². The van der Waals surface area contributed by atoms with E-state index in [1.807, 2.05) is 11.3 Å². The number of nitrogens with one attached hydrogen (secondary N) is 1. The topological polar surface area (TPSA) is 24.9 Å². The number of fused-ring (bicyclic) bond motifs is 3. The lowest BCUT2D eigenvalue weighted by molar-refractivity contribution is 0.411. The lowest BCUT2D eigenvalue weighted by Gasteiger charge is -2.21. The van der Waals surface area contributed by atoms with Gasteiger partial charge in [0.25, 0.3) is 0 Å². The summed E-state index contributed by atoms with van der Waals surface area (Å²) in [7, 11) is 0. The number of hydrogen-bond acceptors (Lipinski definition) is 3. The van der Waals surface area contributed by atoms with Crippen LogP contribution in [0.4, 0.5) is 0 Å². The molecular formula is C17H20N2S. The normalized spacial score (nSPS) is 21.9. The Balaban J connectivity index is 1.75. The molecule has 1 aromatic heterocycles. The van der Waals surface area contributed by atoms with E-state index in [2.05, 4.69) is 29.6 Å². The van der Waals surface area contributed by atoms with E-state index < -0.39 is 0 Å². The summed E-state index contributed by atoms with van der Waals surface area (Å²) in [5.74, 6) is 0. The van der Waals surface area contributed by atoms with Crippen molar-refractivity contribution in [2.24, 2.45) is 0 Å². The van der Waals surface area contributed by atoms with Gasteiger partial charge in [0.2, 0.25) is 0 Å². The maximum absolute atomic E-state index is 5.03. The number of hydrogen-bond donors (Lipinski definition) is 1. The molecule has 2 aromatic rings. The molecule has 4 rings (SSSR count). The van der Waals surface area contributed by atoms with Crippen molar-refractivity contribution in [3.05, 3.63) is 39.7 Å². The summed E-state index contributed by atoms with van der Waals surface area (Å²) < 4.78 is 0. The molecule has 2 heterocycles. The Bertz CT molecular complexity index is 611. The highest BCUT2D eigenvalue weighted by Gasteiger charge is 2.23. The first-order valence-electron chi connectivity index (χ1n) is 7.73. The number of aryl methyl sites for hydroxylation is 2. The molecule has 0 spiro atoms. The van der Waals surface area contributed by atoms with Gasteiger partial charge in [0.05, 0.1) is 11.7 Å². The van der Waals surface area contributed by atoms with E-state index in [0.29, 0.717) is 6.04 Å². The minimum Gasteiger partial charge on any atom is -0.308 e. The second-order valence-corrected chi connectivity index (χ2v) is 6.95. The molecule has 2 nitrogen and oxygen atoms in total. The van der Waals surface area contributed by atoms with Gasteiger partial charge in [0, 0.05) is 10.4 Å². The number of rotatable bonds is 1. The standard InChI is InChI=1S/C17H20N2S/c1-2-8-13-12(6-1)7-5-10-15-16(13)19-17(20-15)14-9-3-4-11-18-14/h1-2,6,8,14,18H,3-5,7,9-11H2. The molecule has 1 aliphatic carbocycles. The van der Waals surface area contributed by atoms with E-state index in [0.717, 1.165) is 6.54 Å². The monoisotopic (exact) mass is 284 g/mol. The molecule has 1 aromatic carbocycles. The summed E-state index contributed by atoms with van der Waals surface area (Å²) in [4.78, 5) is 6.53. The summed E-state index contributed by atoms with van der Waals surface area (Å²) in [6, 6.07) is 9.30. The van der Waals surface area contributed by atoms with Crippen LogP contribution in [-0.4, -0.2) is 11.5 Å². The van der Waals surface area contributed by atoms with Crippen LogP contribution in [0.1, 0.15) is 47.2 Å². The van der Waals surface area contributed by atoms with Crippen molar-refractivity contribution in [1.29, 1.82) is 0 Å². The van der Waals surface area contributed by atoms with Crippen LogP contribution in [0.5, 0.6) is 0 Å². The Morgan fingerprint density at radius 3 is 2.95 bits per heavy atom. The Labute approximate surface area is 124 Å². The molecule has 2 aliphatic rings. The molecule has 20 heavy (non-hydrogen) atoms. The van der Waals surface area contributed by atoms with E-state index in [1.165, 1.54) is 65.2 Å². The van der Waals surface area contributed by atoms with Gasteiger partial charge in [-0.1, -0.05) is 30.7 Å². The fourth-order valence-electron chi connectivity index (χ4n) is 3.37. The average molecular weight is 284 g/mol. The number of aromatic nitrogens is 1. The van der Waals surface area contributed by atoms with Crippen LogP contribution in [0.15, 0.2) is 24.3 Å². The minimum atomic E-state index is 0.493. The Morgan fingerprint density at radius 1 is 1.10 bits per heavy atom. The van der Waals surface area contributed by atoms with Crippen LogP contribution in [-0.2, 0) is 12.8 Å². The van der Waals surface area contributed by atoms with E-state index in [1.54, 1.807) is 0 Å². The van der Waals surface area contributed by atoms with Gasteiger partial charge in [0.1, 0.15) is 5.01 Å². The Kier molecular flexibility index (Phi) is 3.32. The smallest absolute Gasteiger partial charge is 0.111 e. The molecule has 1 N–H and O–H groups in total. The van der Waals surface area contributed by atoms with Gasteiger partial charge >= 0.3 is 0 Å². The maximum atomic E-state index is 5.03. The summed E-state index contributed by atoms with van der Waals surface area (Å²) in [5, 5.41) is 4.94. The number of piperidine rings is 1. The predicted molar refractivity (Wildman–Crippen MR) is 84.2 cm³/mol. The molecule has 1 atom stereocenters. The highest BCUT2D eigenvalue weighted by molar-refractivity contribution is 7.12. The summed E-state index contributed by atoms with van der Waals surface area (Å²) in [6.45, 7) is 1.14. The molecule has 1 unspecified atom stereocenters. The highest BCUT2D eigenvalue weighted by atomic mass is 32.1. The zero-order valence-corrected chi connectivity index (χ0v) is 12.5. The fraction of sp³-hybridized carbons (Fsp3) is 0.471. The quantitative estimate of drug-likeness (QED) is 0.852. The van der Waals surface area contributed by atoms with Gasteiger partial charge < -0.3 is 5.32 Å². The molecule has 0 saturated carbocycles. The van der Waals surface area contributed by atoms with E-state index >= 15 is 0 Å². The van der Waals surface area contributed by atoms with Crippen molar-refractivity contribution in [3.63, 3.8) is 0 Å². The van der Waals surface area contributed by atoms with Crippen LogP contribution in [0.25, 0.3) is 11.3 Å². The van der Waals surface area contributed by atoms with Crippen molar-refractivity contribution in [3.8, 4) is 11.3 Å². The second kappa shape index (κ2) is 5.30. The summed E-state index contributed by atoms with van der Waals surface area (Å²) in [6.07, 6.45) is 7.52. The molecule has 0 bridgehead atoms. The van der Waals surface area contributed by atoms with Crippen molar-refractivity contribution in [1.82, 2.24) is 10.3 Å². The number of thiazole rings is 1. The lowest BCUT2D eigenvalue weighted by atomic mass is 10.0. The molecule has 0 amide bonds. The van der Waals surface area contributed by atoms with Gasteiger partial charge in [-0.05, 0) is 44.2 Å². The second-order valence-electron chi connectivity index (χ2n) is 5.84. The van der Waals surface area contributed by atoms with Crippen molar-refractivity contribution in [2.75, 3.05) is 6.54 Å². The third kappa shape index (κ3) is 2.19. The SMILES string of the molecule is c1ccc2c(c1)CCCc1sc(C3CCCCN3)nc1-2. The van der Waals surface area contributed by atoms with E-state index in [9.17, 15) is 0 Å². The molecular weight excluding hydrogens is 264 g/mol. The largest absolute Gasteiger partial charge is 0.308 e. The van der Waals surface area contributed by atoms with Crippen molar-refractivity contribution >= 4 is 11.3 Å². The highest BCUT2D eigenvalue weighted by Crippen LogP contribution is 2.38. The molecule has 1 fully saturated rings. The predicted octanol–water partition coefficient (Wildman–Crippen LogP) is 4.11. The van der Waals surface area contributed by atoms with Crippen LogP contribution in [0.3, 0.4) is 0 Å². The van der Waals surface area contributed by atoms with Crippen LogP contribution in [0, 0.1) is 0 Å². The number of benzene rings is 1.